The molecule has 1 rings (SSSR count). The summed E-state index contributed by atoms with van der Waals surface area (Å²) in [4.78, 5) is 0. The van der Waals surface area contributed by atoms with Crippen molar-refractivity contribution in [3.05, 3.63) is 0 Å². The largest absolute Gasteiger partial charge is 0.313 e. The fourth-order valence-corrected chi connectivity index (χ4v) is 1.54. The van der Waals surface area contributed by atoms with Gasteiger partial charge in [0.25, 0.3) is 0 Å². The van der Waals surface area contributed by atoms with Crippen molar-refractivity contribution in [1.82, 2.24) is 0 Å². The summed E-state index contributed by atoms with van der Waals surface area (Å²) in [6, 6.07) is 0. The molecular weight excluding hydrogens is 128 g/mol. The van der Waals surface area contributed by atoms with Crippen molar-refractivity contribution < 1.29 is 0 Å². The van der Waals surface area contributed by atoms with Crippen LogP contribution in [0.4, 0.5) is 0 Å². The Balaban J connectivity index is 2.56. The Hall–Kier alpha value is -0.160. The van der Waals surface area contributed by atoms with E-state index in [0.29, 0.717) is 6.42 Å². The van der Waals surface area contributed by atoms with Crippen molar-refractivity contribution >= 4 is 0 Å². The lowest BCUT2D eigenvalue weighted by Gasteiger charge is -2.39. The summed E-state index contributed by atoms with van der Waals surface area (Å²) in [5.41, 5.74) is 21.4. The standard InChI is InChI=1S/C6H16N4/c7-5(8)2-1-3-6(9,10)4-5/h1-4,7-10H2. The molecule has 0 aliphatic heterocycles. The highest BCUT2D eigenvalue weighted by Gasteiger charge is 2.34. The number of hydrogen-bond acceptors (Lipinski definition) is 4. The van der Waals surface area contributed by atoms with E-state index >= 15 is 0 Å². The lowest BCUT2D eigenvalue weighted by atomic mass is 9.83. The zero-order chi connectivity index (χ0) is 7.83. The average molecular weight is 144 g/mol. The van der Waals surface area contributed by atoms with Crippen LogP contribution in [0.25, 0.3) is 0 Å². The molecule has 1 aliphatic rings. The molecule has 0 amide bonds. The Morgan fingerprint density at radius 2 is 1.20 bits per heavy atom. The highest BCUT2D eigenvalue weighted by Crippen LogP contribution is 2.24. The number of rotatable bonds is 0. The van der Waals surface area contributed by atoms with Crippen LogP contribution in [0.5, 0.6) is 0 Å². The van der Waals surface area contributed by atoms with Gasteiger partial charge in [0.05, 0.1) is 11.3 Å². The molecule has 1 aliphatic carbocycles. The van der Waals surface area contributed by atoms with E-state index < -0.39 is 11.3 Å². The maximum atomic E-state index is 5.67. The van der Waals surface area contributed by atoms with E-state index in [2.05, 4.69) is 0 Å². The topological polar surface area (TPSA) is 104 Å². The van der Waals surface area contributed by atoms with Crippen LogP contribution in [0.2, 0.25) is 0 Å². The minimum atomic E-state index is -0.637. The van der Waals surface area contributed by atoms with Crippen LogP contribution in [0.1, 0.15) is 25.7 Å². The molecule has 0 heterocycles. The molecule has 0 radical (unpaired) electrons. The third-order valence-electron chi connectivity index (χ3n) is 1.94. The van der Waals surface area contributed by atoms with Crippen molar-refractivity contribution in [1.29, 1.82) is 0 Å². The molecule has 1 saturated carbocycles. The first-order chi connectivity index (χ1) is 4.41. The number of hydrogen-bond donors (Lipinski definition) is 4. The van der Waals surface area contributed by atoms with Crippen molar-refractivity contribution in [3.8, 4) is 0 Å². The van der Waals surface area contributed by atoms with E-state index in [-0.39, 0.29) is 0 Å². The predicted molar refractivity (Wildman–Crippen MR) is 40.7 cm³/mol. The maximum absolute atomic E-state index is 5.67. The van der Waals surface area contributed by atoms with E-state index in [4.69, 9.17) is 22.9 Å². The van der Waals surface area contributed by atoms with E-state index in [9.17, 15) is 0 Å². The van der Waals surface area contributed by atoms with Gasteiger partial charge in [0.15, 0.2) is 0 Å². The van der Waals surface area contributed by atoms with Crippen LogP contribution in [-0.4, -0.2) is 11.3 Å². The summed E-state index contributed by atoms with van der Waals surface area (Å²) in [7, 11) is 0. The first kappa shape index (κ1) is 7.94. The quantitative estimate of drug-likeness (QED) is 0.320. The second-order valence-electron chi connectivity index (χ2n) is 3.50. The molecule has 1 fully saturated rings. The van der Waals surface area contributed by atoms with E-state index in [1.165, 1.54) is 0 Å². The molecule has 10 heavy (non-hydrogen) atoms. The molecule has 0 bridgehead atoms. The van der Waals surface area contributed by atoms with Gasteiger partial charge in [0.2, 0.25) is 0 Å². The van der Waals surface area contributed by atoms with Crippen molar-refractivity contribution in [2.24, 2.45) is 22.9 Å². The first-order valence-electron chi connectivity index (χ1n) is 3.57. The summed E-state index contributed by atoms with van der Waals surface area (Å²) in [6.07, 6.45) is 3.09. The smallest absolute Gasteiger partial charge is 0.0667 e. The summed E-state index contributed by atoms with van der Waals surface area (Å²) >= 11 is 0. The summed E-state index contributed by atoms with van der Waals surface area (Å²) in [5.74, 6) is 0. The normalized spacial score (nSPS) is 30.0. The molecule has 0 spiro atoms. The zero-order valence-electron chi connectivity index (χ0n) is 6.14. The van der Waals surface area contributed by atoms with Gasteiger partial charge in [0.1, 0.15) is 0 Å². The Kier molecular flexibility index (Phi) is 1.72. The van der Waals surface area contributed by atoms with Gasteiger partial charge in [-0.1, -0.05) is 0 Å². The Labute approximate surface area is 60.9 Å². The predicted octanol–water partition coefficient (Wildman–Crippen LogP) is -1.21. The highest BCUT2D eigenvalue weighted by molar-refractivity contribution is 4.93. The Bertz CT molecular complexity index is 116. The van der Waals surface area contributed by atoms with Crippen molar-refractivity contribution in [3.63, 3.8) is 0 Å². The fraction of sp³-hybridized carbons (Fsp3) is 1.00. The molecular formula is C6H16N4. The third-order valence-corrected chi connectivity index (χ3v) is 1.94. The second kappa shape index (κ2) is 2.17. The summed E-state index contributed by atoms with van der Waals surface area (Å²) in [6.45, 7) is 0. The van der Waals surface area contributed by atoms with E-state index in [0.717, 1.165) is 19.3 Å². The lowest BCUT2D eigenvalue weighted by Crippen LogP contribution is -2.64. The summed E-state index contributed by atoms with van der Waals surface area (Å²) in [5, 5.41) is 0. The zero-order valence-corrected chi connectivity index (χ0v) is 6.14. The molecule has 8 N–H and O–H groups in total. The Morgan fingerprint density at radius 1 is 0.800 bits per heavy atom. The van der Waals surface area contributed by atoms with Crippen LogP contribution < -0.4 is 22.9 Å². The van der Waals surface area contributed by atoms with Gasteiger partial charge < -0.3 is 22.9 Å². The van der Waals surface area contributed by atoms with E-state index in [1.807, 2.05) is 0 Å². The third kappa shape index (κ3) is 1.91. The van der Waals surface area contributed by atoms with Crippen LogP contribution in [0.15, 0.2) is 0 Å². The van der Waals surface area contributed by atoms with Gasteiger partial charge in [-0.2, -0.15) is 0 Å². The molecule has 0 unspecified atom stereocenters. The SMILES string of the molecule is NC1(N)CCCC(N)(N)C1. The fourth-order valence-electron chi connectivity index (χ4n) is 1.54. The van der Waals surface area contributed by atoms with Crippen molar-refractivity contribution in [2.75, 3.05) is 0 Å². The van der Waals surface area contributed by atoms with Gasteiger partial charge in [0, 0.05) is 6.42 Å². The summed E-state index contributed by atoms with van der Waals surface area (Å²) < 4.78 is 0. The lowest BCUT2D eigenvalue weighted by molar-refractivity contribution is 0.200. The highest BCUT2D eigenvalue weighted by atomic mass is 15.0. The monoisotopic (exact) mass is 144 g/mol. The maximum Gasteiger partial charge on any atom is 0.0667 e. The van der Waals surface area contributed by atoms with Gasteiger partial charge in [-0.05, 0) is 19.3 Å². The molecule has 0 aromatic heterocycles. The van der Waals surface area contributed by atoms with Crippen LogP contribution in [0, 0.1) is 0 Å². The molecule has 0 atom stereocenters. The molecule has 0 aromatic rings. The minimum absolute atomic E-state index is 0.514. The van der Waals surface area contributed by atoms with Crippen LogP contribution >= 0.6 is 0 Å². The van der Waals surface area contributed by atoms with Gasteiger partial charge in [-0.25, -0.2) is 0 Å². The molecule has 0 aromatic carbocycles. The Morgan fingerprint density at radius 3 is 1.40 bits per heavy atom. The van der Waals surface area contributed by atoms with E-state index in [1.54, 1.807) is 0 Å². The van der Waals surface area contributed by atoms with Crippen LogP contribution in [-0.2, 0) is 0 Å². The average Bonchev–Trinajstić information content (AvgIpc) is 1.56. The molecule has 60 valence electrons. The van der Waals surface area contributed by atoms with Gasteiger partial charge >= 0.3 is 0 Å². The van der Waals surface area contributed by atoms with Gasteiger partial charge in [-0.15, -0.1) is 0 Å². The molecule has 0 saturated heterocycles. The van der Waals surface area contributed by atoms with Gasteiger partial charge in [-0.3, -0.25) is 0 Å². The number of nitrogens with two attached hydrogens (primary N) is 4. The minimum Gasteiger partial charge on any atom is -0.313 e. The first-order valence-corrected chi connectivity index (χ1v) is 3.57. The van der Waals surface area contributed by atoms with Crippen molar-refractivity contribution in [2.45, 2.75) is 37.0 Å². The van der Waals surface area contributed by atoms with Crippen LogP contribution in [0.3, 0.4) is 0 Å². The molecule has 4 nitrogen and oxygen atoms in total. The molecule has 4 heteroatoms. The second-order valence-corrected chi connectivity index (χ2v) is 3.50.